The lowest BCUT2D eigenvalue weighted by atomic mass is 9.90. The van der Waals surface area contributed by atoms with Crippen LogP contribution < -0.4 is 10.6 Å². The SMILES string of the molecule is COC(=O)NC(C(=O)N1CC2(CC2)CC1c1ncc(-c2ccc3c(c2)C2(CC2)c2cc(-c4ccc5nc(C6C7CCC(C7)N6C(=O)C(NC(=O)OC)C(C)C)[nH]c5c4)ccc2-3)[nH]1)C(C)C. The molecule has 3 saturated carbocycles. The molecule has 2 aliphatic heterocycles. The first-order valence-corrected chi connectivity index (χ1v) is 23.5. The van der Waals surface area contributed by atoms with E-state index in [0.717, 1.165) is 96.4 Å². The minimum atomic E-state index is -0.687. The summed E-state index contributed by atoms with van der Waals surface area (Å²) in [5.74, 6) is 1.50. The number of piperidine rings is 1. The van der Waals surface area contributed by atoms with Gasteiger partial charge in [0.2, 0.25) is 11.8 Å². The van der Waals surface area contributed by atoms with Crippen LogP contribution in [0.1, 0.15) is 114 Å². The van der Waals surface area contributed by atoms with E-state index in [0.29, 0.717) is 12.5 Å². The number of H-pyrrole nitrogens is 2. The number of benzene rings is 3. The standard InChI is InChI=1S/C51H58N8O6/c1-26(2)41(56-48(62)64-5)46(60)58-25-50(15-16-50)23-40(58)44-52-24-39(55-44)30-9-13-34-33-12-8-28(20-35(33)51(17-18-51)36(34)21-30)29-10-14-37-38(22-29)54-45(53-37)43-31-7-11-32(19-31)59(43)47(61)42(27(3)4)57-49(63)65-6/h8-10,12-14,20-22,24,26-27,31-32,40-43H,7,11,15-19,23,25H2,1-6H3,(H,52,55)(H,53,54)(H,56,62)(H,57,63). The maximum absolute atomic E-state index is 14.1. The van der Waals surface area contributed by atoms with Crippen LogP contribution in [0.3, 0.4) is 0 Å². The van der Waals surface area contributed by atoms with Crippen LogP contribution in [-0.4, -0.2) is 92.6 Å². The molecule has 338 valence electrons. The summed E-state index contributed by atoms with van der Waals surface area (Å²) in [6.45, 7) is 8.43. The molecule has 3 aromatic carbocycles. The highest BCUT2D eigenvalue weighted by atomic mass is 16.5. The first kappa shape index (κ1) is 41.5. The molecule has 4 amide bonds. The largest absolute Gasteiger partial charge is 0.453 e. The summed E-state index contributed by atoms with van der Waals surface area (Å²) in [7, 11) is 2.63. The molecule has 5 fully saturated rings. The van der Waals surface area contributed by atoms with E-state index >= 15 is 0 Å². The van der Waals surface area contributed by atoms with Crippen LogP contribution in [0, 0.1) is 23.2 Å². The van der Waals surface area contributed by atoms with Crippen molar-refractivity contribution in [3.05, 3.63) is 83.6 Å². The molecule has 2 saturated heterocycles. The Bertz CT molecular complexity index is 2760. The van der Waals surface area contributed by atoms with E-state index < -0.39 is 24.3 Å². The molecule has 6 atom stereocenters. The van der Waals surface area contributed by atoms with Crippen LogP contribution in [0.15, 0.2) is 60.8 Å². The van der Waals surface area contributed by atoms with Crippen molar-refractivity contribution in [3.63, 3.8) is 0 Å². The lowest BCUT2D eigenvalue weighted by Crippen LogP contribution is -2.54. The number of imidazole rings is 2. The number of aromatic amines is 2. The Morgan fingerprint density at radius 1 is 0.754 bits per heavy atom. The van der Waals surface area contributed by atoms with Crippen LogP contribution in [-0.2, 0) is 24.5 Å². The van der Waals surface area contributed by atoms with Crippen LogP contribution >= 0.6 is 0 Å². The summed E-state index contributed by atoms with van der Waals surface area (Å²) < 4.78 is 9.73. The van der Waals surface area contributed by atoms with E-state index in [4.69, 9.17) is 19.4 Å². The van der Waals surface area contributed by atoms with Crippen LogP contribution in [0.4, 0.5) is 9.59 Å². The number of aromatic nitrogens is 4. The predicted octanol–water partition coefficient (Wildman–Crippen LogP) is 8.55. The van der Waals surface area contributed by atoms with Crippen molar-refractivity contribution in [2.75, 3.05) is 20.8 Å². The number of rotatable bonds is 10. The number of hydrogen-bond acceptors (Lipinski definition) is 8. The van der Waals surface area contributed by atoms with Crippen molar-refractivity contribution in [2.24, 2.45) is 23.2 Å². The molecule has 11 rings (SSSR count). The predicted molar refractivity (Wildman–Crippen MR) is 244 cm³/mol. The number of fused-ring (bicyclic) bond motifs is 8. The Morgan fingerprint density at radius 3 is 2.03 bits per heavy atom. The number of carbonyl (C=O) groups is 4. The third-order valence-corrected chi connectivity index (χ3v) is 15.8. The van der Waals surface area contributed by atoms with Gasteiger partial charge in [-0.05, 0) is 138 Å². The number of carbonyl (C=O) groups excluding carboxylic acids is 4. The first-order chi connectivity index (χ1) is 31.3. The molecule has 65 heavy (non-hydrogen) atoms. The van der Waals surface area contributed by atoms with Gasteiger partial charge < -0.3 is 39.9 Å². The Balaban J connectivity index is 0.845. The number of likely N-dealkylation sites (tertiary alicyclic amines) is 2. The van der Waals surface area contributed by atoms with Crippen molar-refractivity contribution in [1.82, 2.24) is 40.4 Å². The van der Waals surface area contributed by atoms with E-state index in [1.54, 1.807) is 0 Å². The number of amides is 4. The van der Waals surface area contributed by atoms with Gasteiger partial charge in [0, 0.05) is 18.0 Å². The smallest absolute Gasteiger partial charge is 0.407 e. The number of nitrogens with zero attached hydrogens (tertiary/aromatic N) is 4. The van der Waals surface area contributed by atoms with E-state index in [9.17, 15) is 19.2 Å². The normalized spacial score (nSPS) is 23.6. The van der Waals surface area contributed by atoms with Gasteiger partial charge in [-0.1, -0.05) is 58.0 Å². The van der Waals surface area contributed by atoms with E-state index in [1.165, 1.54) is 36.5 Å². The second kappa shape index (κ2) is 15.2. The number of ether oxygens (including phenoxy) is 2. The van der Waals surface area contributed by atoms with Gasteiger partial charge in [0.25, 0.3) is 0 Å². The van der Waals surface area contributed by atoms with Gasteiger partial charge in [-0.15, -0.1) is 0 Å². The molecule has 6 unspecified atom stereocenters. The molecule has 0 radical (unpaired) electrons. The number of hydrogen-bond donors (Lipinski definition) is 4. The molecule has 4 heterocycles. The first-order valence-electron chi connectivity index (χ1n) is 23.5. The zero-order chi connectivity index (χ0) is 45.1. The Hall–Kier alpha value is -6.18. The highest BCUT2D eigenvalue weighted by molar-refractivity contribution is 5.90. The Labute approximate surface area is 378 Å². The third-order valence-electron chi connectivity index (χ3n) is 15.8. The zero-order valence-corrected chi connectivity index (χ0v) is 38.0. The summed E-state index contributed by atoms with van der Waals surface area (Å²) >= 11 is 0. The lowest BCUT2D eigenvalue weighted by molar-refractivity contribution is -0.139. The lowest BCUT2D eigenvalue weighted by Gasteiger charge is -2.37. The molecule has 5 aromatic rings. The van der Waals surface area contributed by atoms with Crippen molar-refractivity contribution < 1.29 is 28.7 Å². The van der Waals surface area contributed by atoms with Crippen molar-refractivity contribution in [1.29, 1.82) is 0 Å². The number of methoxy groups -OCH3 is 2. The van der Waals surface area contributed by atoms with Crippen molar-refractivity contribution in [3.8, 4) is 33.5 Å². The summed E-state index contributed by atoms with van der Waals surface area (Å²) in [6.07, 6.45) is 8.83. The number of nitrogens with one attached hydrogen (secondary N) is 4. The minimum absolute atomic E-state index is 0.0370. The molecule has 14 heteroatoms. The van der Waals surface area contributed by atoms with E-state index in [-0.39, 0.29) is 52.6 Å². The average molecular weight is 879 g/mol. The second-order valence-corrected chi connectivity index (χ2v) is 20.5. The molecular weight excluding hydrogens is 821 g/mol. The molecule has 6 aliphatic rings. The highest BCUT2D eigenvalue weighted by Gasteiger charge is 2.56. The van der Waals surface area contributed by atoms with Gasteiger partial charge in [-0.25, -0.2) is 19.6 Å². The van der Waals surface area contributed by atoms with Gasteiger partial charge in [0.05, 0.1) is 49.2 Å². The van der Waals surface area contributed by atoms with Crippen molar-refractivity contribution >= 4 is 35.0 Å². The van der Waals surface area contributed by atoms with Crippen molar-refractivity contribution in [2.45, 2.75) is 115 Å². The Morgan fingerprint density at radius 2 is 1.38 bits per heavy atom. The van der Waals surface area contributed by atoms with Crippen LogP contribution in [0.2, 0.25) is 0 Å². The monoisotopic (exact) mass is 878 g/mol. The maximum Gasteiger partial charge on any atom is 0.407 e. The molecule has 14 nitrogen and oxygen atoms in total. The maximum atomic E-state index is 14.1. The summed E-state index contributed by atoms with van der Waals surface area (Å²) in [6, 6.07) is 18.4. The summed E-state index contributed by atoms with van der Waals surface area (Å²) in [4.78, 5) is 73.8. The molecule has 2 aromatic heterocycles. The van der Waals surface area contributed by atoms with Crippen LogP contribution in [0.5, 0.6) is 0 Å². The quantitative estimate of drug-likeness (QED) is 0.108. The van der Waals surface area contributed by atoms with Gasteiger partial charge >= 0.3 is 12.2 Å². The Kier molecular flexibility index (Phi) is 9.71. The molecule has 4 N–H and O–H groups in total. The molecule has 4 aliphatic carbocycles. The van der Waals surface area contributed by atoms with Gasteiger partial charge in [-0.3, -0.25) is 9.59 Å². The minimum Gasteiger partial charge on any atom is -0.453 e. The zero-order valence-electron chi connectivity index (χ0n) is 38.0. The number of alkyl carbamates (subject to hydrolysis) is 2. The van der Waals surface area contributed by atoms with Gasteiger partial charge in [0.1, 0.15) is 23.7 Å². The molecular formula is C51H58N8O6. The van der Waals surface area contributed by atoms with Crippen LogP contribution in [0.25, 0.3) is 44.5 Å². The average Bonchev–Trinajstić information content (AvgIpc) is 3.74. The van der Waals surface area contributed by atoms with Gasteiger partial charge in [0.15, 0.2) is 0 Å². The van der Waals surface area contributed by atoms with Gasteiger partial charge in [-0.2, -0.15) is 0 Å². The third kappa shape index (κ3) is 6.80. The summed E-state index contributed by atoms with van der Waals surface area (Å²) in [5.41, 5.74) is 11.4. The summed E-state index contributed by atoms with van der Waals surface area (Å²) in [5, 5.41) is 5.57. The topological polar surface area (TPSA) is 175 Å². The fourth-order valence-corrected chi connectivity index (χ4v) is 12.0. The fourth-order valence-electron chi connectivity index (χ4n) is 12.0. The van der Waals surface area contributed by atoms with E-state index in [2.05, 4.69) is 75.2 Å². The molecule has 2 spiro atoms. The fraction of sp³-hybridized carbons (Fsp3) is 0.490. The van der Waals surface area contributed by atoms with E-state index in [1.807, 2.05) is 43.7 Å². The second-order valence-electron chi connectivity index (χ2n) is 20.5. The molecule has 2 bridgehead atoms. The highest BCUT2D eigenvalue weighted by Crippen LogP contribution is 2.64.